The van der Waals surface area contributed by atoms with Gasteiger partial charge in [0, 0.05) is 6.26 Å². The van der Waals surface area contributed by atoms with E-state index in [9.17, 15) is 0 Å². The molecule has 0 heterocycles. The first-order valence-corrected chi connectivity index (χ1v) is 3.68. The Labute approximate surface area is 49.1 Å². The molecule has 0 aromatic rings. The molecule has 0 N–H and O–H groups in total. The van der Waals surface area contributed by atoms with Gasteiger partial charge in [0.05, 0.1) is 0 Å². The van der Waals surface area contributed by atoms with Crippen molar-refractivity contribution in [3.63, 3.8) is 0 Å². The smallest absolute Gasteiger partial charge is 0.00235 e. The summed E-state index contributed by atoms with van der Waals surface area (Å²) in [5.74, 6) is 2.13. The van der Waals surface area contributed by atoms with Crippen molar-refractivity contribution in [1.82, 2.24) is 0 Å². The van der Waals surface area contributed by atoms with Crippen LogP contribution in [0.4, 0.5) is 0 Å². The van der Waals surface area contributed by atoms with Gasteiger partial charge in [0.1, 0.15) is 0 Å². The van der Waals surface area contributed by atoms with E-state index in [1.807, 2.05) is 0 Å². The Kier molecular flexibility index (Phi) is 6.36. The average Bonchev–Trinajstić information content (AvgIpc) is 1.61. The van der Waals surface area contributed by atoms with Crippen molar-refractivity contribution in [2.45, 2.75) is 6.42 Å². The lowest BCUT2D eigenvalue weighted by Crippen LogP contribution is -1.74. The van der Waals surface area contributed by atoms with Gasteiger partial charge in [-0.1, -0.05) is 0 Å². The number of hydrogen-bond donors (Lipinski definition) is 1. The summed E-state index contributed by atoms with van der Waals surface area (Å²) in [7, 11) is 0. The Morgan fingerprint density at radius 2 is 2.33 bits per heavy atom. The molecule has 1 radical (unpaired) electrons. The molecule has 0 aliphatic heterocycles. The predicted octanol–water partition coefficient (Wildman–Crippen LogP) is 1.83. The first-order chi connectivity index (χ1) is 2.91. The van der Waals surface area contributed by atoms with Gasteiger partial charge in [0.2, 0.25) is 0 Å². The molecule has 0 saturated carbocycles. The van der Waals surface area contributed by atoms with Crippen LogP contribution in [0.3, 0.4) is 0 Å². The van der Waals surface area contributed by atoms with Crippen LogP contribution in [0.2, 0.25) is 0 Å². The van der Waals surface area contributed by atoms with Gasteiger partial charge in [-0.3, -0.25) is 0 Å². The summed E-state index contributed by atoms with van der Waals surface area (Å²) in [6.45, 7) is 0. The van der Waals surface area contributed by atoms with E-state index in [1.165, 1.54) is 6.42 Å². The average molecular weight is 121 g/mol. The SMILES string of the molecule is [CH2]SCCCS. The van der Waals surface area contributed by atoms with Crippen LogP contribution >= 0.6 is 24.4 Å². The molecule has 0 saturated heterocycles. The van der Waals surface area contributed by atoms with Crippen molar-refractivity contribution in [3.8, 4) is 0 Å². The fourth-order valence-electron chi connectivity index (χ4n) is 0.167. The van der Waals surface area contributed by atoms with E-state index in [1.54, 1.807) is 11.8 Å². The van der Waals surface area contributed by atoms with E-state index in [2.05, 4.69) is 18.9 Å². The van der Waals surface area contributed by atoms with Crippen LogP contribution in [0.25, 0.3) is 0 Å². The highest BCUT2D eigenvalue weighted by molar-refractivity contribution is 8.00. The van der Waals surface area contributed by atoms with Gasteiger partial charge < -0.3 is 0 Å². The third-order valence-corrected chi connectivity index (χ3v) is 1.34. The van der Waals surface area contributed by atoms with Crippen LogP contribution in [0.1, 0.15) is 6.42 Å². The zero-order chi connectivity index (χ0) is 4.83. The lowest BCUT2D eigenvalue weighted by molar-refractivity contribution is 1.13. The summed E-state index contributed by atoms with van der Waals surface area (Å²) >= 11 is 5.64. The molecule has 0 nitrogen and oxygen atoms in total. The van der Waals surface area contributed by atoms with E-state index in [0.29, 0.717) is 0 Å². The first-order valence-electron chi connectivity index (χ1n) is 1.89. The maximum atomic E-state index is 4.01. The summed E-state index contributed by atoms with van der Waals surface area (Å²) in [4.78, 5) is 0. The summed E-state index contributed by atoms with van der Waals surface area (Å²) in [5.41, 5.74) is 0. The lowest BCUT2D eigenvalue weighted by Gasteiger charge is -1.85. The Morgan fingerprint density at radius 3 is 2.50 bits per heavy atom. The second-order valence-corrected chi connectivity index (χ2v) is 2.25. The summed E-state index contributed by atoms with van der Waals surface area (Å²) in [5, 5.41) is 0. The van der Waals surface area contributed by atoms with E-state index in [4.69, 9.17) is 0 Å². The fourth-order valence-corrected chi connectivity index (χ4v) is 0.887. The van der Waals surface area contributed by atoms with Gasteiger partial charge >= 0.3 is 0 Å². The summed E-state index contributed by atoms with van der Waals surface area (Å²) in [6.07, 6.45) is 4.78. The van der Waals surface area contributed by atoms with Gasteiger partial charge in [-0.2, -0.15) is 24.4 Å². The van der Waals surface area contributed by atoms with Crippen LogP contribution < -0.4 is 0 Å². The molecule has 0 bridgehead atoms. The monoisotopic (exact) mass is 121 g/mol. The van der Waals surface area contributed by atoms with E-state index in [0.717, 1.165) is 11.5 Å². The molecule has 37 valence electrons. The second kappa shape index (κ2) is 5.70. The Bertz CT molecular complexity index is 17.5. The highest BCUT2D eigenvalue weighted by atomic mass is 32.2. The predicted molar refractivity (Wildman–Crippen MR) is 36.3 cm³/mol. The van der Waals surface area contributed by atoms with Crippen LogP contribution in [-0.4, -0.2) is 11.5 Å². The zero-order valence-electron chi connectivity index (χ0n) is 3.68. The Hall–Kier alpha value is 0.700. The maximum absolute atomic E-state index is 4.01. The minimum atomic E-state index is 0.989. The van der Waals surface area contributed by atoms with Crippen LogP contribution in [-0.2, 0) is 0 Å². The molecule has 0 spiro atoms. The fraction of sp³-hybridized carbons (Fsp3) is 0.750. The number of rotatable bonds is 3. The quantitative estimate of drug-likeness (QED) is 0.439. The van der Waals surface area contributed by atoms with Crippen LogP contribution in [0.15, 0.2) is 0 Å². The molecule has 2 heteroatoms. The minimum absolute atomic E-state index is 0.989. The van der Waals surface area contributed by atoms with Crippen molar-refractivity contribution in [3.05, 3.63) is 6.26 Å². The number of hydrogen-bond acceptors (Lipinski definition) is 2. The normalized spacial score (nSPS) is 9.00. The molecule has 0 fully saturated rings. The van der Waals surface area contributed by atoms with Crippen LogP contribution in [0, 0.1) is 6.26 Å². The molecule has 0 aromatic carbocycles. The van der Waals surface area contributed by atoms with Gasteiger partial charge in [-0.15, -0.1) is 0 Å². The van der Waals surface area contributed by atoms with Crippen molar-refractivity contribution < 1.29 is 0 Å². The highest BCUT2D eigenvalue weighted by Crippen LogP contribution is 1.97. The molecule has 6 heavy (non-hydrogen) atoms. The topological polar surface area (TPSA) is 0 Å². The molecular weight excluding hydrogens is 112 g/mol. The van der Waals surface area contributed by atoms with E-state index < -0.39 is 0 Å². The molecular formula is C4H9S2. The number of thiol groups is 1. The summed E-state index contributed by atoms with van der Waals surface area (Å²) < 4.78 is 0. The first kappa shape index (κ1) is 6.70. The van der Waals surface area contributed by atoms with Crippen molar-refractivity contribution >= 4 is 24.4 Å². The van der Waals surface area contributed by atoms with Crippen LogP contribution in [0.5, 0.6) is 0 Å². The van der Waals surface area contributed by atoms with E-state index in [-0.39, 0.29) is 0 Å². The van der Waals surface area contributed by atoms with E-state index >= 15 is 0 Å². The Morgan fingerprint density at radius 1 is 1.67 bits per heavy atom. The highest BCUT2D eigenvalue weighted by Gasteiger charge is 1.76. The maximum Gasteiger partial charge on any atom is 0.00235 e. The molecule has 0 amide bonds. The van der Waals surface area contributed by atoms with Gasteiger partial charge in [0.25, 0.3) is 0 Å². The molecule has 0 aliphatic carbocycles. The van der Waals surface area contributed by atoms with Gasteiger partial charge in [-0.25, -0.2) is 0 Å². The van der Waals surface area contributed by atoms with Crippen molar-refractivity contribution in [2.24, 2.45) is 0 Å². The Balaban J connectivity index is 2.34. The van der Waals surface area contributed by atoms with Gasteiger partial charge in [-0.05, 0) is 17.9 Å². The molecule has 0 aliphatic rings. The lowest BCUT2D eigenvalue weighted by atomic mass is 10.6. The molecule has 0 atom stereocenters. The second-order valence-electron chi connectivity index (χ2n) is 0.985. The van der Waals surface area contributed by atoms with Crippen molar-refractivity contribution in [2.75, 3.05) is 11.5 Å². The van der Waals surface area contributed by atoms with Crippen molar-refractivity contribution in [1.29, 1.82) is 0 Å². The summed E-state index contributed by atoms with van der Waals surface area (Å²) in [6, 6.07) is 0. The van der Waals surface area contributed by atoms with Gasteiger partial charge in [0.15, 0.2) is 0 Å². The molecule has 0 aromatic heterocycles. The minimum Gasteiger partial charge on any atom is -0.179 e. The largest absolute Gasteiger partial charge is 0.179 e. The standard InChI is InChI=1S/C4H9S2/c1-6-4-2-3-5/h5H,1-4H2. The zero-order valence-corrected chi connectivity index (χ0v) is 5.39. The number of thioether (sulfide) groups is 1. The molecule has 0 rings (SSSR count). The third kappa shape index (κ3) is 4.70. The molecule has 0 unspecified atom stereocenters. The third-order valence-electron chi connectivity index (χ3n) is 0.447.